The average molecular weight is 519 g/mol. The molecule has 3 aromatic carbocycles. The van der Waals surface area contributed by atoms with E-state index in [9.17, 15) is 14.0 Å². The largest absolute Gasteiger partial charge is 0.496 e. The van der Waals surface area contributed by atoms with Crippen molar-refractivity contribution in [1.29, 1.82) is 0 Å². The first-order valence-electron chi connectivity index (χ1n) is 11.2. The van der Waals surface area contributed by atoms with E-state index in [2.05, 4.69) is 4.98 Å². The summed E-state index contributed by atoms with van der Waals surface area (Å²) < 4.78 is 37.1. The second kappa shape index (κ2) is 8.59. The summed E-state index contributed by atoms with van der Waals surface area (Å²) >= 11 is 1.14. The highest BCUT2D eigenvalue weighted by molar-refractivity contribution is 7.22. The Morgan fingerprint density at radius 2 is 1.68 bits per heavy atom. The number of carbonyl (C=O) groups excluding carboxylic acids is 1. The zero-order valence-corrected chi connectivity index (χ0v) is 20.7. The van der Waals surface area contributed by atoms with Gasteiger partial charge in [0.15, 0.2) is 22.1 Å². The Bertz CT molecular complexity index is 1780. The van der Waals surface area contributed by atoms with Gasteiger partial charge >= 0.3 is 0 Å². The van der Waals surface area contributed by atoms with Gasteiger partial charge in [-0.2, -0.15) is 0 Å². The first kappa shape index (κ1) is 23.0. The molecular weight excluding hydrogens is 499 g/mol. The van der Waals surface area contributed by atoms with Crippen LogP contribution in [0.25, 0.3) is 21.2 Å². The molecule has 6 rings (SSSR count). The fourth-order valence-corrected chi connectivity index (χ4v) is 5.68. The Kier molecular flexibility index (Phi) is 5.34. The molecule has 37 heavy (non-hydrogen) atoms. The van der Waals surface area contributed by atoms with Crippen molar-refractivity contribution in [3.05, 3.63) is 87.5 Å². The van der Waals surface area contributed by atoms with Gasteiger partial charge in [0.1, 0.15) is 23.2 Å². The van der Waals surface area contributed by atoms with Crippen LogP contribution in [0.15, 0.2) is 63.8 Å². The summed E-state index contributed by atoms with van der Waals surface area (Å²) in [6.07, 6.45) is 0. The molecule has 0 N–H and O–H groups in total. The van der Waals surface area contributed by atoms with Crippen molar-refractivity contribution in [3.8, 4) is 17.2 Å². The number of para-hydroxylation sites is 1. The van der Waals surface area contributed by atoms with Gasteiger partial charge in [0.25, 0.3) is 5.91 Å². The number of amides is 1. The van der Waals surface area contributed by atoms with Gasteiger partial charge in [-0.1, -0.05) is 23.5 Å². The number of nitrogens with zero attached hydrogens (tertiary/aromatic N) is 2. The number of anilines is 1. The van der Waals surface area contributed by atoms with E-state index in [1.165, 1.54) is 38.4 Å². The van der Waals surface area contributed by atoms with Crippen molar-refractivity contribution < 1.29 is 27.8 Å². The van der Waals surface area contributed by atoms with Crippen LogP contribution in [0.5, 0.6) is 17.2 Å². The quantitative estimate of drug-likeness (QED) is 0.311. The van der Waals surface area contributed by atoms with Gasteiger partial charge in [-0.15, -0.1) is 0 Å². The first-order valence-corrected chi connectivity index (χ1v) is 12.0. The maximum atomic E-state index is 13.9. The lowest BCUT2D eigenvalue weighted by molar-refractivity contribution is 0.0971. The third-order valence-electron chi connectivity index (χ3n) is 6.35. The van der Waals surface area contributed by atoms with E-state index in [1.807, 2.05) is 0 Å². The van der Waals surface area contributed by atoms with E-state index in [1.54, 1.807) is 42.5 Å². The lowest BCUT2D eigenvalue weighted by Crippen LogP contribution is -2.29. The molecule has 0 spiro atoms. The Labute approximate surface area is 213 Å². The number of aromatic nitrogens is 1. The molecule has 0 radical (unpaired) electrons. The lowest BCUT2D eigenvalue weighted by atomic mass is 9.97. The molecule has 10 heteroatoms. The number of halogens is 1. The van der Waals surface area contributed by atoms with Crippen LogP contribution in [-0.4, -0.2) is 32.2 Å². The molecule has 1 amide bonds. The molecule has 0 unspecified atom stereocenters. The summed E-state index contributed by atoms with van der Waals surface area (Å²) in [5, 5.41) is 0.619. The predicted molar refractivity (Wildman–Crippen MR) is 137 cm³/mol. The third-order valence-corrected chi connectivity index (χ3v) is 7.37. The summed E-state index contributed by atoms with van der Waals surface area (Å²) in [4.78, 5) is 33.7. The number of hydrogen-bond donors (Lipinski definition) is 0. The highest BCUT2D eigenvalue weighted by Crippen LogP contribution is 2.48. The van der Waals surface area contributed by atoms with Crippen molar-refractivity contribution in [2.24, 2.45) is 0 Å². The molecule has 0 fully saturated rings. The number of methoxy groups -OCH3 is 3. The predicted octanol–water partition coefficient (Wildman–Crippen LogP) is 5.32. The molecule has 8 nitrogen and oxygen atoms in total. The van der Waals surface area contributed by atoms with Crippen molar-refractivity contribution >= 4 is 43.6 Å². The van der Waals surface area contributed by atoms with E-state index in [-0.39, 0.29) is 21.9 Å². The fraction of sp³-hybridized carbons (Fsp3) is 0.148. The minimum Gasteiger partial charge on any atom is -0.496 e. The SMILES string of the molecule is COc1cc(OC)c([C@@H]2c3c(oc4ccccc4c3=O)C(=O)N2c2nc3ccc(F)cc3s2)cc1OC. The number of thiazole rings is 1. The molecule has 186 valence electrons. The van der Waals surface area contributed by atoms with Crippen LogP contribution in [0.3, 0.4) is 0 Å². The van der Waals surface area contributed by atoms with Crippen LogP contribution < -0.4 is 24.5 Å². The number of carbonyl (C=O) groups is 1. The summed E-state index contributed by atoms with van der Waals surface area (Å²) in [6.45, 7) is 0. The Hall–Kier alpha value is -4.44. The molecule has 0 bridgehead atoms. The van der Waals surface area contributed by atoms with Crippen LogP contribution in [0.1, 0.15) is 27.7 Å². The standard InChI is InChI=1S/C27H19FN2O6S/c1-33-18-12-20(35-3)19(34-2)11-15(18)23-22-24(31)14-6-4-5-7-17(14)36-25(22)26(32)30(23)27-29-16-9-8-13(28)10-21(16)37-27/h4-12,23H,1-3H3/t23-/m1/s1. The van der Waals surface area contributed by atoms with Crippen LogP contribution in [0.4, 0.5) is 9.52 Å². The number of benzene rings is 3. The fourth-order valence-electron chi connectivity index (χ4n) is 4.67. The van der Waals surface area contributed by atoms with E-state index in [4.69, 9.17) is 18.6 Å². The van der Waals surface area contributed by atoms with Gasteiger partial charge < -0.3 is 18.6 Å². The van der Waals surface area contributed by atoms with Crippen molar-refractivity contribution in [2.75, 3.05) is 26.2 Å². The highest BCUT2D eigenvalue weighted by Gasteiger charge is 2.46. The maximum absolute atomic E-state index is 13.9. The van der Waals surface area contributed by atoms with Crippen LogP contribution in [0.2, 0.25) is 0 Å². The maximum Gasteiger partial charge on any atom is 0.297 e. The molecule has 5 aromatic rings. The molecule has 3 heterocycles. The molecule has 1 aliphatic heterocycles. The summed E-state index contributed by atoms with van der Waals surface area (Å²) in [7, 11) is 4.47. The van der Waals surface area contributed by atoms with Crippen molar-refractivity contribution in [3.63, 3.8) is 0 Å². The van der Waals surface area contributed by atoms with Gasteiger partial charge in [-0.05, 0) is 36.4 Å². The summed E-state index contributed by atoms with van der Waals surface area (Å²) in [5.74, 6) is 0.124. The van der Waals surface area contributed by atoms with Gasteiger partial charge in [-0.25, -0.2) is 9.37 Å². The average Bonchev–Trinajstić information content (AvgIpc) is 3.45. The number of fused-ring (bicyclic) bond motifs is 3. The Morgan fingerprint density at radius 3 is 2.43 bits per heavy atom. The molecule has 1 atom stereocenters. The molecule has 0 saturated heterocycles. The van der Waals surface area contributed by atoms with Gasteiger partial charge in [0.2, 0.25) is 5.76 Å². The number of hydrogen-bond acceptors (Lipinski definition) is 8. The zero-order valence-electron chi connectivity index (χ0n) is 19.9. The van der Waals surface area contributed by atoms with E-state index in [0.29, 0.717) is 44.0 Å². The monoisotopic (exact) mass is 518 g/mol. The van der Waals surface area contributed by atoms with E-state index < -0.39 is 17.8 Å². The van der Waals surface area contributed by atoms with Gasteiger partial charge in [0.05, 0.1) is 42.5 Å². The first-order chi connectivity index (χ1) is 17.9. The number of rotatable bonds is 5. The Morgan fingerprint density at radius 1 is 0.946 bits per heavy atom. The summed E-state index contributed by atoms with van der Waals surface area (Å²) in [5.41, 5.74) is 1.10. The molecular formula is C27H19FN2O6S. The zero-order chi connectivity index (χ0) is 25.8. The lowest BCUT2D eigenvalue weighted by Gasteiger charge is -2.25. The van der Waals surface area contributed by atoms with E-state index in [0.717, 1.165) is 11.3 Å². The van der Waals surface area contributed by atoms with Crippen LogP contribution in [0, 0.1) is 5.82 Å². The van der Waals surface area contributed by atoms with Gasteiger partial charge in [-0.3, -0.25) is 14.5 Å². The van der Waals surface area contributed by atoms with Crippen molar-refractivity contribution in [1.82, 2.24) is 4.98 Å². The van der Waals surface area contributed by atoms with E-state index >= 15 is 0 Å². The topological polar surface area (TPSA) is 91.1 Å². The second-order valence-corrected chi connectivity index (χ2v) is 9.31. The van der Waals surface area contributed by atoms with Crippen LogP contribution in [-0.2, 0) is 0 Å². The number of ether oxygens (including phenoxy) is 3. The smallest absolute Gasteiger partial charge is 0.297 e. The highest BCUT2D eigenvalue weighted by atomic mass is 32.1. The molecule has 2 aromatic heterocycles. The minimum absolute atomic E-state index is 0.0871. The summed E-state index contributed by atoms with van der Waals surface area (Å²) in [6, 6.07) is 13.3. The Balaban J connectivity index is 1.67. The van der Waals surface area contributed by atoms with Crippen molar-refractivity contribution in [2.45, 2.75) is 6.04 Å². The molecule has 0 saturated carbocycles. The molecule has 1 aliphatic rings. The van der Waals surface area contributed by atoms with Crippen LogP contribution >= 0.6 is 11.3 Å². The minimum atomic E-state index is -0.955. The van der Waals surface area contributed by atoms with Gasteiger partial charge in [0, 0.05) is 11.6 Å². The second-order valence-electron chi connectivity index (χ2n) is 8.31. The third kappa shape index (κ3) is 3.44. The normalized spacial score (nSPS) is 14.9. The molecule has 0 aliphatic carbocycles.